The Kier molecular flexibility index (Phi) is 2.35. The number of hydrogen-bond acceptors (Lipinski definition) is 3. The van der Waals surface area contributed by atoms with E-state index in [2.05, 4.69) is 22.2 Å². The lowest BCUT2D eigenvalue weighted by molar-refractivity contribution is -0.113. The smallest absolute Gasteiger partial charge is 0.137 e. The quantitative estimate of drug-likeness (QED) is 0.558. The molecule has 4 nitrogen and oxygen atoms in total. The molecule has 84 valence electrons. The van der Waals surface area contributed by atoms with E-state index in [0.29, 0.717) is 11.8 Å². The Morgan fingerprint density at radius 2 is 2.19 bits per heavy atom. The number of aldehydes is 1. The highest BCUT2D eigenvalue weighted by atomic mass is 16.1. The van der Waals surface area contributed by atoms with Crippen LogP contribution in [0.5, 0.6) is 0 Å². The normalized spacial score (nSPS) is 37.2. The third-order valence-corrected chi connectivity index (χ3v) is 4.04. The fourth-order valence-electron chi connectivity index (χ4n) is 3.25. The van der Waals surface area contributed by atoms with Crippen molar-refractivity contribution in [1.82, 2.24) is 14.8 Å². The molecule has 0 aliphatic heterocycles. The van der Waals surface area contributed by atoms with Gasteiger partial charge in [-0.15, -0.1) is 0 Å². The first-order valence-electron chi connectivity index (χ1n) is 5.84. The Morgan fingerprint density at radius 1 is 1.31 bits per heavy atom. The zero-order valence-corrected chi connectivity index (χ0v) is 9.07. The van der Waals surface area contributed by atoms with E-state index in [-0.39, 0.29) is 12.0 Å². The van der Waals surface area contributed by atoms with E-state index in [1.54, 1.807) is 12.7 Å². The molecule has 4 heteroatoms. The molecule has 0 amide bonds. The van der Waals surface area contributed by atoms with Gasteiger partial charge in [-0.1, -0.05) is 12.2 Å². The topological polar surface area (TPSA) is 47.8 Å². The summed E-state index contributed by atoms with van der Waals surface area (Å²) in [7, 11) is 0. The van der Waals surface area contributed by atoms with Gasteiger partial charge in [0, 0.05) is 5.92 Å². The van der Waals surface area contributed by atoms with Crippen LogP contribution in [0.2, 0.25) is 0 Å². The lowest BCUT2D eigenvalue weighted by Gasteiger charge is -2.23. The molecule has 0 unspecified atom stereocenters. The number of rotatable bonds is 2. The van der Waals surface area contributed by atoms with Crippen molar-refractivity contribution >= 4 is 6.29 Å². The second-order valence-electron chi connectivity index (χ2n) is 4.76. The van der Waals surface area contributed by atoms with Crippen LogP contribution in [0, 0.1) is 17.8 Å². The van der Waals surface area contributed by atoms with E-state index < -0.39 is 0 Å². The standard InChI is InChI=1S/C12H15N3O/c16-6-11-10-4-2-1-3-9(10)5-12(11)15-8-13-7-14-15/h1-2,6-12H,3-5H2/t9-,10+,11-,12-/m0/s1. The molecule has 3 rings (SSSR count). The van der Waals surface area contributed by atoms with Gasteiger partial charge in [0.2, 0.25) is 0 Å². The van der Waals surface area contributed by atoms with Crippen LogP contribution in [0.3, 0.4) is 0 Å². The lowest BCUT2D eigenvalue weighted by atomic mass is 9.82. The van der Waals surface area contributed by atoms with Gasteiger partial charge < -0.3 is 4.79 Å². The summed E-state index contributed by atoms with van der Waals surface area (Å²) in [6.45, 7) is 0. The largest absolute Gasteiger partial charge is 0.303 e. The van der Waals surface area contributed by atoms with Crippen molar-refractivity contribution in [2.75, 3.05) is 0 Å². The van der Waals surface area contributed by atoms with Gasteiger partial charge in [0.05, 0.1) is 6.04 Å². The molecule has 16 heavy (non-hydrogen) atoms. The summed E-state index contributed by atoms with van der Waals surface area (Å²) in [6.07, 6.45) is 12.1. The molecular formula is C12H15N3O. The maximum Gasteiger partial charge on any atom is 0.137 e. The van der Waals surface area contributed by atoms with Crippen molar-refractivity contribution in [2.45, 2.75) is 25.3 Å². The monoisotopic (exact) mass is 217 g/mol. The van der Waals surface area contributed by atoms with Crippen LogP contribution in [0.4, 0.5) is 0 Å². The zero-order chi connectivity index (χ0) is 11.0. The van der Waals surface area contributed by atoms with Crippen molar-refractivity contribution in [3.05, 3.63) is 24.8 Å². The average Bonchev–Trinajstić information content (AvgIpc) is 2.95. The summed E-state index contributed by atoms with van der Waals surface area (Å²) >= 11 is 0. The van der Waals surface area contributed by atoms with Gasteiger partial charge >= 0.3 is 0 Å². The SMILES string of the molecule is O=C[C@H]1[C@@H]2CC=CC[C@H]2C[C@@H]1n1cncn1. The molecule has 1 heterocycles. The van der Waals surface area contributed by atoms with Gasteiger partial charge in [0.25, 0.3) is 0 Å². The lowest BCUT2D eigenvalue weighted by Crippen LogP contribution is -2.22. The highest BCUT2D eigenvalue weighted by molar-refractivity contribution is 5.56. The Hall–Kier alpha value is -1.45. The van der Waals surface area contributed by atoms with Gasteiger partial charge in [-0.25, -0.2) is 9.67 Å². The number of allylic oxidation sites excluding steroid dienone is 2. The van der Waals surface area contributed by atoms with Gasteiger partial charge in [0.15, 0.2) is 0 Å². The molecule has 0 bridgehead atoms. The van der Waals surface area contributed by atoms with Crippen molar-refractivity contribution in [3.63, 3.8) is 0 Å². The number of carbonyl (C=O) groups is 1. The Balaban J connectivity index is 1.89. The molecular weight excluding hydrogens is 202 g/mol. The summed E-state index contributed by atoms with van der Waals surface area (Å²) in [5.41, 5.74) is 0. The van der Waals surface area contributed by atoms with Gasteiger partial charge in [-0.05, 0) is 31.1 Å². The predicted molar refractivity (Wildman–Crippen MR) is 58.6 cm³/mol. The molecule has 1 aromatic heterocycles. The van der Waals surface area contributed by atoms with Crippen LogP contribution in [0.25, 0.3) is 0 Å². The van der Waals surface area contributed by atoms with Crippen LogP contribution in [-0.4, -0.2) is 21.1 Å². The van der Waals surface area contributed by atoms with Gasteiger partial charge in [-0.2, -0.15) is 5.10 Å². The molecule has 0 spiro atoms. The van der Waals surface area contributed by atoms with Gasteiger partial charge in [0.1, 0.15) is 18.9 Å². The van der Waals surface area contributed by atoms with Crippen molar-refractivity contribution in [1.29, 1.82) is 0 Å². The minimum atomic E-state index is 0.108. The Bertz CT molecular complexity index is 398. The van der Waals surface area contributed by atoms with Crippen LogP contribution in [0.15, 0.2) is 24.8 Å². The van der Waals surface area contributed by atoms with Crippen LogP contribution in [-0.2, 0) is 4.79 Å². The molecule has 1 fully saturated rings. The predicted octanol–water partition coefficient (Wildman–Crippen LogP) is 1.62. The first kappa shape index (κ1) is 9.75. The summed E-state index contributed by atoms with van der Waals surface area (Å²) < 4.78 is 1.86. The highest BCUT2D eigenvalue weighted by Gasteiger charge is 2.44. The second kappa shape index (κ2) is 3.85. The molecule has 0 radical (unpaired) electrons. The minimum Gasteiger partial charge on any atom is -0.303 e. The Morgan fingerprint density at radius 3 is 2.94 bits per heavy atom. The summed E-state index contributed by atoms with van der Waals surface area (Å²) in [5, 5.41) is 4.18. The molecule has 2 aliphatic rings. The first-order valence-corrected chi connectivity index (χ1v) is 5.84. The second-order valence-corrected chi connectivity index (χ2v) is 4.76. The van der Waals surface area contributed by atoms with E-state index in [1.807, 2.05) is 4.68 Å². The summed E-state index contributed by atoms with van der Waals surface area (Å²) in [5.74, 6) is 1.27. The van der Waals surface area contributed by atoms with E-state index in [9.17, 15) is 4.79 Å². The molecule has 0 saturated heterocycles. The number of nitrogens with zero attached hydrogens (tertiary/aromatic N) is 3. The van der Waals surface area contributed by atoms with Crippen LogP contribution in [0.1, 0.15) is 25.3 Å². The summed E-state index contributed by atoms with van der Waals surface area (Å²) in [4.78, 5) is 15.3. The van der Waals surface area contributed by atoms with E-state index in [0.717, 1.165) is 25.5 Å². The molecule has 2 aliphatic carbocycles. The van der Waals surface area contributed by atoms with E-state index >= 15 is 0 Å². The van der Waals surface area contributed by atoms with Crippen LogP contribution >= 0.6 is 0 Å². The maximum absolute atomic E-state index is 11.3. The minimum absolute atomic E-state index is 0.108. The van der Waals surface area contributed by atoms with E-state index in [1.165, 1.54) is 0 Å². The third kappa shape index (κ3) is 1.40. The third-order valence-electron chi connectivity index (χ3n) is 4.04. The van der Waals surface area contributed by atoms with Gasteiger partial charge in [-0.3, -0.25) is 0 Å². The fourth-order valence-corrected chi connectivity index (χ4v) is 3.25. The number of hydrogen-bond donors (Lipinski definition) is 0. The number of carbonyl (C=O) groups excluding carboxylic acids is 1. The first-order chi connectivity index (χ1) is 7.90. The van der Waals surface area contributed by atoms with Crippen molar-refractivity contribution in [3.8, 4) is 0 Å². The zero-order valence-electron chi connectivity index (χ0n) is 9.07. The molecule has 0 aromatic carbocycles. The highest BCUT2D eigenvalue weighted by Crippen LogP contribution is 2.48. The molecule has 1 saturated carbocycles. The molecule has 0 N–H and O–H groups in total. The summed E-state index contributed by atoms with van der Waals surface area (Å²) in [6, 6.07) is 0.217. The fraction of sp³-hybridized carbons (Fsp3) is 0.583. The number of fused-ring (bicyclic) bond motifs is 1. The molecule has 4 atom stereocenters. The maximum atomic E-state index is 11.3. The number of aromatic nitrogens is 3. The van der Waals surface area contributed by atoms with E-state index in [4.69, 9.17) is 0 Å². The van der Waals surface area contributed by atoms with Crippen molar-refractivity contribution in [2.24, 2.45) is 17.8 Å². The Labute approximate surface area is 94.4 Å². The van der Waals surface area contributed by atoms with Crippen LogP contribution < -0.4 is 0 Å². The average molecular weight is 217 g/mol. The van der Waals surface area contributed by atoms with Crippen molar-refractivity contribution < 1.29 is 4.79 Å². The molecule has 1 aromatic rings.